The van der Waals surface area contributed by atoms with E-state index in [1.807, 2.05) is 32.9 Å². The molecular weight excluding hydrogens is 448 g/mol. The van der Waals surface area contributed by atoms with E-state index in [4.69, 9.17) is 9.47 Å². The number of benzene rings is 2. The van der Waals surface area contributed by atoms with Gasteiger partial charge in [-0.05, 0) is 86.6 Å². The van der Waals surface area contributed by atoms with E-state index in [0.717, 1.165) is 34.3 Å². The maximum atomic E-state index is 12.7. The molecule has 2 aromatic rings. The molecule has 1 aliphatic carbocycles. The van der Waals surface area contributed by atoms with Crippen molar-refractivity contribution in [3.05, 3.63) is 74.8 Å². The van der Waals surface area contributed by atoms with Crippen molar-refractivity contribution in [3.63, 3.8) is 0 Å². The Bertz CT molecular complexity index is 1180. The molecule has 2 aromatic carbocycles. The first-order valence-electron chi connectivity index (χ1n) is 11.8. The van der Waals surface area contributed by atoms with Crippen molar-refractivity contribution in [2.75, 3.05) is 19.7 Å². The molecule has 1 amide bonds. The van der Waals surface area contributed by atoms with Gasteiger partial charge in [0.25, 0.3) is 5.69 Å². The zero-order chi connectivity index (χ0) is 25.2. The molecule has 2 aliphatic rings. The zero-order valence-electron chi connectivity index (χ0n) is 20.3. The summed E-state index contributed by atoms with van der Waals surface area (Å²) >= 11 is 0. The number of hydrogen-bond donors (Lipinski definition) is 0. The summed E-state index contributed by atoms with van der Waals surface area (Å²) in [5.74, 6) is 0.765. The molecular formula is C27H30N2O6. The summed E-state index contributed by atoms with van der Waals surface area (Å²) in [5.41, 5.74) is 4.09. The minimum atomic E-state index is -0.588. The molecule has 184 valence electrons. The van der Waals surface area contributed by atoms with Crippen molar-refractivity contribution in [2.45, 2.75) is 52.1 Å². The third-order valence-corrected chi connectivity index (χ3v) is 6.24. The predicted octanol–water partition coefficient (Wildman–Crippen LogP) is 5.59. The summed E-state index contributed by atoms with van der Waals surface area (Å²) in [4.78, 5) is 37.2. The Kier molecular flexibility index (Phi) is 6.91. The Labute approximate surface area is 204 Å². The van der Waals surface area contributed by atoms with Crippen LogP contribution in [0.25, 0.3) is 5.57 Å². The number of hydrogen-bond acceptors (Lipinski definition) is 6. The number of rotatable bonds is 5. The largest absolute Gasteiger partial charge is 0.489 e. The molecule has 0 spiro atoms. The number of nitro groups is 1. The number of non-ortho nitro benzene ring substituents is 1. The van der Waals surface area contributed by atoms with Gasteiger partial charge in [-0.2, -0.15) is 0 Å². The number of amides is 1. The van der Waals surface area contributed by atoms with Crippen LogP contribution in [-0.2, 0) is 11.2 Å². The Morgan fingerprint density at radius 1 is 1.03 bits per heavy atom. The second kappa shape index (κ2) is 9.90. The first-order valence-corrected chi connectivity index (χ1v) is 11.8. The number of fused-ring (bicyclic) bond motifs is 1. The van der Waals surface area contributed by atoms with Crippen molar-refractivity contribution in [1.82, 2.24) is 4.90 Å². The molecule has 0 saturated heterocycles. The molecule has 1 aliphatic heterocycles. The number of nitro benzene ring substituents is 1. The molecule has 1 heterocycles. The van der Waals surface area contributed by atoms with Crippen molar-refractivity contribution in [2.24, 2.45) is 0 Å². The maximum Gasteiger partial charge on any atom is 0.410 e. The third-order valence-electron chi connectivity index (χ3n) is 6.24. The SMILES string of the molecule is CC(C)(C)OC(=O)N1CCC(COc2ccc3c(c2)C(=O)CC3)=C(c2ccc([N+](=O)[O-])cc2)CC1. The molecule has 0 N–H and O–H groups in total. The summed E-state index contributed by atoms with van der Waals surface area (Å²) in [7, 11) is 0. The van der Waals surface area contributed by atoms with Crippen LogP contribution in [0.2, 0.25) is 0 Å². The van der Waals surface area contributed by atoms with Gasteiger partial charge in [0, 0.05) is 37.2 Å². The highest BCUT2D eigenvalue weighted by Crippen LogP contribution is 2.31. The summed E-state index contributed by atoms with van der Waals surface area (Å²) in [5, 5.41) is 11.1. The van der Waals surface area contributed by atoms with Crippen molar-refractivity contribution < 1.29 is 24.0 Å². The van der Waals surface area contributed by atoms with Gasteiger partial charge in [0.2, 0.25) is 0 Å². The molecule has 0 bridgehead atoms. The quantitative estimate of drug-likeness (QED) is 0.410. The zero-order valence-corrected chi connectivity index (χ0v) is 20.3. The standard InChI is InChI=1S/C27H30N2O6/c1-27(2,3)35-26(31)28-14-12-20(17-34-22-10-6-19-7-11-25(30)24(19)16-22)23(13-15-28)18-4-8-21(9-5-18)29(32)33/h4-6,8-10,16H,7,11-15,17H2,1-3H3. The molecule has 0 unspecified atom stereocenters. The van der Waals surface area contributed by atoms with Gasteiger partial charge in [0.1, 0.15) is 18.0 Å². The predicted molar refractivity (Wildman–Crippen MR) is 132 cm³/mol. The highest BCUT2D eigenvalue weighted by molar-refractivity contribution is 6.00. The minimum Gasteiger partial charge on any atom is -0.489 e. The van der Waals surface area contributed by atoms with Crippen LogP contribution in [0.1, 0.15) is 61.5 Å². The lowest BCUT2D eigenvalue weighted by Crippen LogP contribution is -2.37. The van der Waals surface area contributed by atoms with Crippen LogP contribution in [0.4, 0.5) is 10.5 Å². The number of ketones is 1. The fourth-order valence-electron chi connectivity index (χ4n) is 4.43. The molecule has 35 heavy (non-hydrogen) atoms. The van der Waals surface area contributed by atoms with Crippen molar-refractivity contribution in [3.8, 4) is 5.75 Å². The minimum absolute atomic E-state index is 0.0268. The van der Waals surface area contributed by atoms with Crippen LogP contribution in [0.15, 0.2) is 48.0 Å². The molecule has 8 nitrogen and oxygen atoms in total. The monoisotopic (exact) mass is 478 g/mol. The summed E-state index contributed by atoms with van der Waals surface area (Å²) in [6.45, 7) is 6.75. The van der Waals surface area contributed by atoms with Crippen LogP contribution >= 0.6 is 0 Å². The molecule has 0 atom stereocenters. The molecule has 0 aromatic heterocycles. The number of carbonyl (C=O) groups is 2. The lowest BCUT2D eigenvalue weighted by molar-refractivity contribution is -0.384. The number of aryl methyl sites for hydroxylation is 1. The average Bonchev–Trinajstić information content (AvgIpc) is 3.03. The number of Topliss-reactive ketones (excluding diaryl/α,β-unsaturated/α-hetero) is 1. The molecule has 4 rings (SSSR count). The molecule has 0 saturated carbocycles. The first kappa shape index (κ1) is 24.4. The van der Waals surface area contributed by atoms with Gasteiger partial charge in [0.05, 0.1) is 4.92 Å². The van der Waals surface area contributed by atoms with E-state index in [0.29, 0.717) is 44.7 Å². The molecule has 8 heteroatoms. The van der Waals surface area contributed by atoms with Crippen LogP contribution in [0, 0.1) is 10.1 Å². The Hall–Kier alpha value is -3.68. The Morgan fingerprint density at radius 3 is 2.43 bits per heavy atom. The second-order valence-electron chi connectivity index (χ2n) is 9.88. The van der Waals surface area contributed by atoms with Gasteiger partial charge in [-0.15, -0.1) is 0 Å². The highest BCUT2D eigenvalue weighted by atomic mass is 16.6. The summed E-state index contributed by atoms with van der Waals surface area (Å²) in [6, 6.07) is 12.1. The third kappa shape index (κ3) is 5.88. The number of carbonyl (C=O) groups excluding carboxylic acids is 2. The maximum absolute atomic E-state index is 12.7. The Balaban J connectivity index is 1.57. The van der Waals surface area contributed by atoms with Crippen molar-refractivity contribution >= 4 is 23.1 Å². The van der Waals surface area contributed by atoms with Gasteiger partial charge < -0.3 is 14.4 Å². The van der Waals surface area contributed by atoms with Gasteiger partial charge in [-0.3, -0.25) is 14.9 Å². The lowest BCUT2D eigenvalue weighted by atomic mass is 9.96. The Morgan fingerprint density at radius 2 is 1.74 bits per heavy atom. The van der Waals surface area contributed by atoms with E-state index in [-0.39, 0.29) is 17.6 Å². The summed E-state index contributed by atoms with van der Waals surface area (Å²) < 4.78 is 11.7. The normalized spacial score (nSPS) is 16.1. The van der Waals surface area contributed by atoms with E-state index in [9.17, 15) is 19.7 Å². The second-order valence-corrected chi connectivity index (χ2v) is 9.88. The van der Waals surface area contributed by atoms with Gasteiger partial charge >= 0.3 is 6.09 Å². The fourth-order valence-corrected chi connectivity index (χ4v) is 4.43. The number of ether oxygens (including phenoxy) is 2. The van der Waals surface area contributed by atoms with Crippen LogP contribution < -0.4 is 4.74 Å². The van der Waals surface area contributed by atoms with E-state index < -0.39 is 10.5 Å². The smallest absolute Gasteiger partial charge is 0.410 e. The van der Waals surface area contributed by atoms with E-state index >= 15 is 0 Å². The molecule has 0 radical (unpaired) electrons. The van der Waals surface area contributed by atoms with Gasteiger partial charge in [-0.25, -0.2) is 4.79 Å². The number of nitrogens with zero attached hydrogens (tertiary/aromatic N) is 2. The average molecular weight is 479 g/mol. The van der Waals surface area contributed by atoms with E-state index in [1.54, 1.807) is 23.1 Å². The van der Waals surface area contributed by atoms with E-state index in [1.165, 1.54) is 12.1 Å². The first-order chi connectivity index (χ1) is 16.6. The summed E-state index contributed by atoms with van der Waals surface area (Å²) in [6.07, 6.45) is 2.09. The van der Waals surface area contributed by atoms with E-state index in [2.05, 4.69) is 0 Å². The van der Waals surface area contributed by atoms with Crippen LogP contribution in [0.5, 0.6) is 5.75 Å². The van der Waals surface area contributed by atoms with Gasteiger partial charge in [0.15, 0.2) is 5.78 Å². The fraction of sp³-hybridized carbons (Fsp3) is 0.407. The van der Waals surface area contributed by atoms with Crippen LogP contribution in [-0.4, -0.2) is 47.0 Å². The molecule has 0 fully saturated rings. The highest BCUT2D eigenvalue weighted by Gasteiger charge is 2.26. The topological polar surface area (TPSA) is 99.0 Å². The van der Waals surface area contributed by atoms with Crippen LogP contribution in [0.3, 0.4) is 0 Å². The van der Waals surface area contributed by atoms with Crippen molar-refractivity contribution in [1.29, 1.82) is 0 Å². The van der Waals surface area contributed by atoms with Gasteiger partial charge in [-0.1, -0.05) is 6.07 Å². The lowest BCUT2D eigenvalue weighted by Gasteiger charge is -2.26.